The lowest BCUT2D eigenvalue weighted by molar-refractivity contribution is -0.140. The highest BCUT2D eigenvalue weighted by molar-refractivity contribution is 6.46. The van der Waals surface area contributed by atoms with Crippen molar-refractivity contribution in [2.24, 2.45) is 5.92 Å². The third-order valence-electron chi connectivity index (χ3n) is 5.31. The minimum Gasteiger partial charge on any atom is -0.507 e. The van der Waals surface area contributed by atoms with E-state index in [1.165, 1.54) is 25.2 Å². The van der Waals surface area contributed by atoms with Gasteiger partial charge in [0.15, 0.2) is 11.5 Å². The van der Waals surface area contributed by atoms with Gasteiger partial charge in [0.2, 0.25) is 0 Å². The monoisotopic (exact) mass is 455 g/mol. The fourth-order valence-electron chi connectivity index (χ4n) is 3.64. The molecule has 1 heterocycles. The first kappa shape index (κ1) is 24.1. The number of nitrogens with zero attached hydrogens (tertiary/aromatic N) is 1. The number of phenols is 1. The van der Waals surface area contributed by atoms with Crippen molar-refractivity contribution in [3.63, 3.8) is 0 Å². The number of phenolic OH excluding ortho intramolecular Hbond substituents is 1. The topological polar surface area (TPSA) is 106 Å². The fourth-order valence-corrected chi connectivity index (χ4v) is 3.64. The van der Waals surface area contributed by atoms with Crippen molar-refractivity contribution in [1.29, 1.82) is 0 Å². The summed E-state index contributed by atoms with van der Waals surface area (Å²) >= 11 is 0. The molecule has 0 saturated carbocycles. The molecule has 0 spiro atoms. The molecule has 0 radical (unpaired) electrons. The van der Waals surface area contributed by atoms with Crippen LogP contribution >= 0.6 is 0 Å². The Bertz CT molecular complexity index is 1040. The predicted molar refractivity (Wildman–Crippen MR) is 122 cm³/mol. The summed E-state index contributed by atoms with van der Waals surface area (Å²) in [4.78, 5) is 27.2. The van der Waals surface area contributed by atoms with Gasteiger partial charge in [-0.3, -0.25) is 9.59 Å². The Labute approximate surface area is 193 Å². The van der Waals surface area contributed by atoms with Gasteiger partial charge >= 0.3 is 0 Å². The number of Topliss-reactive ketones (excluding diaryl/α,β-unsaturated/α-hetero) is 1. The number of ether oxygens (including phenoxy) is 3. The molecule has 8 heteroatoms. The summed E-state index contributed by atoms with van der Waals surface area (Å²) < 4.78 is 16.0. The first-order valence-electron chi connectivity index (χ1n) is 10.7. The zero-order valence-corrected chi connectivity index (χ0v) is 19.2. The molecule has 1 atom stereocenters. The van der Waals surface area contributed by atoms with Gasteiger partial charge in [0, 0.05) is 19.2 Å². The summed E-state index contributed by atoms with van der Waals surface area (Å²) in [6.07, 6.45) is 0. The second kappa shape index (κ2) is 10.4. The number of ketones is 1. The van der Waals surface area contributed by atoms with Crippen LogP contribution in [-0.2, 0) is 14.3 Å². The van der Waals surface area contributed by atoms with Crippen molar-refractivity contribution < 1.29 is 34.0 Å². The largest absolute Gasteiger partial charge is 0.507 e. The van der Waals surface area contributed by atoms with E-state index in [9.17, 15) is 19.8 Å². The van der Waals surface area contributed by atoms with E-state index < -0.39 is 17.7 Å². The Morgan fingerprint density at radius 2 is 1.79 bits per heavy atom. The van der Waals surface area contributed by atoms with E-state index in [-0.39, 0.29) is 36.0 Å². The SMILES string of the molecule is COCCN1C(=O)C(=O)C(=C(O)c2ccc(OCC(C)C)cc2)C1c1ccc(O)c(OC)c1. The number of benzene rings is 2. The summed E-state index contributed by atoms with van der Waals surface area (Å²) in [5, 5.41) is 21.1. The van der Waals surface area contributed by atoms with Crippen LogP contribution in [0.3, 0.4) is 0 Å². The number of hydrogen-bond acceptors (Lipinski definition) is 7. The van der Waals surface area contributed by atoms with Crippen molar-refractivity contribution in [3.8, 4) is 17.2 Å². The number of methoxy groups -OCH3 is 2. The highest BCUT2D eigenvalue weighted by Gasteiger charge is 2.46. The Morgan fingerprint density at radius 3 is 2.39 bits per heavy atom. The van der Waals surface area contributed by atoms with Gasteiger partial charge in [0.05, 0.1) is 31.9 Å². The average Bonchev–Trinajstić information content (AvgIpc) is 3.06. The zero-order valence-electron chi connectivity index (χ0n) is 19.2. The molecule has 1 amide bonds. The van der Waals surface area contributed by atoms with E-state index in [1.807, 2.05) is 13.8 Å². The van der Waals surface area contributed by atoms with Crippen molar-refractivity contribution in [2.45, 2.75) is 19.9 Å². The summed E-state index contributed by atoms with van der Waals surface area (Å²) in [5.41, 5.74) is 0.852. The lowest BCUT2D eigenvalue weighted by atomic mass is 9.95. The van der Waals surface area contributed by atoms with Gasteiger partial charge in [-0.1, -0.05) is 19.9 Å². The molecule has 2 aromatic carbocycles. The van der Waals surface area contributed by atoms with Crippen LogP contribution < -0.4 is 9.47 Å². The second-order valence-electron chi connectivity index (χ2n) is 8.15. The van der Waals surface area contributed by atoms with Crippen LogP contribution in [-0.4, -0.2) is 60.8 Å². The third-order valence-corrected chi connectivity index (χ3v) is 5.31. The maximum atomic E-state index is 13.0. The molecule has 2 N–H and O–H groups in total. The molecule has 1 fully saturated rings. The first-order chi connectivity index (χ1) is 15.8. The van der Waals surface area contributed by atoms with Gasteiger partial charge in [-0.2, -0.15) is 0 Å². The predicted octanol–water partition coefficient (Wildman–Crippen LogP) is 3.50. The fraction of sp³-hybridized carbons (Fsp3) is 0.360. The van der Waals surface area contributed by atoms with Crippen LogP contribution in [0, 0.1) is 5.92 Å². The lowest BCUT2D eigenvalue weighted by Crippen LogP contribution is -2.32. The Kier molecular flexibility index (Phi) is 7.60. The quantitative estimate of drug-likeness (QED) is 0.339. The van der Waals surface area contributed by atoms with Crippen molar-refractivity contribution in [1.82, 2.24) is 4.90 Å². The molecule has 0 bridgehead atoms. The Balaban J connectivity index is 2.07. The summed E-state index contributed by atoms with van der Waals surface area (Å²) in [6, 6.07) is 10.4. The molecule has 33 heavy (non-hydrogen) atoms. The van der Waals surface area contributed by atoms with Crippen LogP contribution in [0.2, 0.25) is 0 Å². The number of aliphatic hydroxyl groups is 1. The maximum absolute atomic E-state index is 13.0. The van der Waals surface area contributed by atoms with Gasteiger partial charge in [0.25, 0.3) is 11.7 Å². The van der Waals surface area contributed by atoms with Crippen molar-refractivity contribution >= 4 is 17.4 Å². The van der Waals surface area contributed by atoms with Gasteiger partial charge in [-0.05, 0) is 47.9 Å². The third kappa shape index (κ3) is 5.12. The van der Waals surface area contributed by atoms with E-state index in [0.29, 0.717) is 29.4 Å². The Morgan fingerprint density at radius 1 is 1.09 bits per heavy atom. The highest BCUT2D eigenvalue weighted by atomic mass is 16.5. The van der Waals surface area contributed by atoms with Crippen LogP contribution in [0.5, 0.6) is 17.2 Å². The second-order valence-corrected chi connectivity index (χ2v) is 8.15. The average molecular weight is 456 g/mol. The normalized spacial score (nSPS) is 17.6. The summed E-state index contributed by atoms with van der Waals surface area (Å²) in [5.74, 6) is -0.698. The molecule has 1 unspecified atom stereocenters. The van der Waals surface area contributed by atoms with Gasteiger partial charge in [0.1, 0.15) is 11.5 Å². The van der Waals surface area contributed by atoms with Crippen LogP contribution in [0.1, 0.15) is 31.0 Å². The first-order valence-corrected chi connectivity index (χ1v) is 10.7. The molecule has 0 aromatic heterocycles. The smallest absolute Gasteiger partial charge is 0.295 e. The van der Waals surface area contributed by atoms with E-state index in [1.54, 1.807) is 36.4 Å². The van der Waals surface area contributed by atoms with Gasteiger partial charge in [-0.15, -0.1) is 0 Å². The summed E-state index contributed by atoms with van der Waals surface area (Å²) in [7, 11) is 2.90. The molecule has 8 nitrogen and oxygen atoms in total. The number of likely N-dealkylation sites (tertiary alicyclic amines) is 1. The lowest BCUT2D eigenvalue weighted by Gasteiger charge is -2.25. The zero-order chi connectivity index (χ0) is 24.1. The number of carbonyl (C=O) groups is 2. The minimum absolute atomic E-state index is 0.0419. The van der Waals surface area contributed by atoms with Crippen LogP contribution in [0.15, 0.2) is 48.0 Å². The number of rotatable bonds is 9. The summed E-state index contributed by atoms with van der Waals surface area (Å²) in [6.45, 7) is 5.00. The van der Waals surface area contributed by atoms with Gasteiger partial charge in [-0.25, -0.2) is 0 Å². The molecule has 1 saturated heterocycles. The molecule has 176 valence electrons. The molecule has 0 aliphatic carbocycles. The number of carbonyl (C=O) groups excluding carboxylic acids is 2. The molecular weight excluding hydrogens is 426 g/mol. The molecule has 1 aliphatic heterocycles. The highest BCUT2D eigenvalue weighted by Crippen LogP contribution is 2.41. The van der Waals surface area contributed by atoms with Gasteiger partial charge < -0.3 is 29.3 Å². The number of aliphatic hydroxyl groups excluding tert-OH is 1. The van der Waals surface area contributed by atoms with Crippen molar-refractivity contribution in [2.75, 3.05) is 34.0 Å². The number of aromatic hydroxyl groups is 1. The van der Waals surface area contributed by atoms with Crippen molar-refractivity contribution in [3.05, 3.63) is 59.2 Å². The van der Waals surface area contributed by atoms with E-state index in [0.717, 1.165) is 0 Å². The number of amides is 1. The standard InChI is InChI=1S/C25H29NO7/c1-15(2)14-33-18-8-5-16(6-9-18)23(28)21-22(17-7-10-19(27)20(13-17)32-4)26(11-12-31-3)25(30)24(21)29/h5-10,13,15,22,27-28H,11-12,14H2,1-4H3. The van der Waals surface area contributed by atoms with Crippen LogP contribution in [0.4, 0.5) is 0 Å². The number of hydrogen-bond donors (Lipinski definition) is 2. The van der Waals surface area contributed by atoms with E-state index in [4.69, 9.17) is 14.2 Å². The molecule has 1 aliphatic rings. The molecule has 2 aromatic rings. The van der Waals surface area contributed by atoms with Crippen LogP contribution in [0.25, 0.3) is 5.76 Å². The van der Waals surface area contributed by atoms with E-state index in [2.05, 4.69) is 0 Å². The minimum atomic E-state index is -0.869. The van der Waals surface area contributed by atoms with E-state index >= 15 is 0 Å². The molecule has 3 rings (SSSR count). The Hall–Kier alpha value is -3.52. The molecular formula is C25H29NO7. The maximum Gasteiger partial charge on any atom is 0.295 e.